The van der Waals surface area contributed by atoms with E-state index >= 15 is 0 Å². The van der Waals surface area contributed by atoms with Crippen LogP contribution in [0.1, 0.15) is 67.6 Å². The predicted molar refractivity (Wildman–Crippen MR) is 127 cm³/mol. The van der Waals surface area contributed by atoms with E-state index in [1.54, 1.807) is 31.9 Å². The summed E-state index contributed by atoms with van der Waals surface area (Å²) in [5.74, 6) is -0.169. The minimum Gasteiger partial charge on any atom is -0.363 e. The molecule has 3 aromatic rings. The number of amides is 1. The smallest absolute Gasteiger partial charge is 0.266 e. The fraction of sp³-hybridized carbons (Fsp3) is 0.440. The summed E-state index contributed by atoms with van der Waals surface area (Å²) in [4.78, 5) is 35.6. The first-order valence-corrected chi connectivity index (χ1v) is 11.5. The number of carbonyl (C=O) groups excluding carboxylic acids is 1. The summed E-state index contributed by atoms with van der Waals surface area (Å²) in [6.07, 6.45) is -1.59. The predicted octanol–water partition coefficient (Wildman–Crippen LogP) is 4.61. The second kappa shape index (κ2) is 9.67. The lowest BCUT2D eigenvalue weighted by Crippen LogP contribution is -2.38. The number of rotatable bonds is 5. The number of hydrogen-bond acceptors (Lipinski definition) is 5. The number of hydrogen-bond donors (Lipinski definition) is 1. The molecule has 186 valence electrons. The molecule has 1 atom stereocenters. The van der Waals surface area contributed by atoms with E-state index in [1.165, 1.54) is 23.6 Å². The average Bonchev–Trinajstić information content (AvgIpc) is 2.81. The van der Waals surface area contributed by atoms with Gasteiger partial charge in [-0.05, 0) is 38.7 Å². The van der Waals surface area contributed by atoms with Crippen molar-refractivity contribution in [2.45, 2.75) is 52.0 Å². The van der Waals surface area contributed by atoms with Crippen molar-refractivity contribution in [3.05, 3.63) is 63.0 Å². The van der Waals surface area contributed by atoms with Crippen LogP contribution >= 0.6 is 0 Å². The lowest BCUT2D eigenvalue weighted by atomic mass is 9.89. The highest BCUT2D eigenvalue weighted by atomic mass is 19.3. The molecule has 0 radical (unpaired) electrons. The monoisotopic (exact) mass is 487 g/mol. The fourth-order valence-corrected chi connectivity index (χ4v) is 4.72. The molecule has 0 spiro atoms. The van der Waals surface area contributed by atoms with E-state index in [9.17, 15) is 22.8 Å². The van der Waals surface area contributed by atoms with Crippen LogP contribution in [0.3, 0.4) is 0 Å². The van der Waals surface area contributed by atoms with Gasteiger partial charge in [0.1, 0.15) is 23.1 Å². The number of halogens is 3. The molecule has 1 saturated heterocycles. The van der Waals surface area contributed by atoms with Crippen LogP contribution in [0.2, 0.25) is 0 Å². The van der Waals surface area contributed by atoms with Crippen molar-refractivity contribution < 1.29 is 18.0 Å². The van der Waals surface area contributed by atoms with Crippen LogP contribution in [0.15, 0.2) is 29.1 Å². The zero-order valence-corrected chi connectivity index (χ0v) is 20.1. The first-order chi connectivity index (χ1) is 16.6. The highest BCUT2D eigenvalue weighted by Gasteiger charge is 2.26. The highest BCUT2D eigenvalue weighted by Crippen LogP contribution is 2.32. The number of nitrogens with one attached hydrogen (secondary N) is 1. The van der Waals surface area contributed by atoms with Crippen LogP contribution in [0.4, 0.5) is 19.0 Å². The van der Waals surface area contributed by atoms with Gasteiger partial charge in [0.2, 0.25) is 5.91 Å². The zero-order valence-electron chi connectivity index (χ0n) is 20.1. The summed E-state index contributed by atoms with van der Waals surface area (Å²) in [5.41, 5.74) is 0.308. The van der Waals surface area contributed by atoms with Gasteiger partial charge in [-0.25, -0.2) is 23.1 Å². The van der Waals surface area contributed by atoms with Gasteiger partial charge < -0.3 is 10.2 Å². The minimum absolute atomic E-state index is 0.0161. The molecule has 10 heteroatoms. The van der Waals surface area contributed by atoms with Gasteiger partial charge in [-0.15, -0.1) is 0 Å². The van der Waals surface area contributed by atoms with Crippen LogP contribution in [0.5, 0.6) is 0 Å². The third-order valence-corrected chi connectivity index (χ3v) is 6.70. The fourth-order valence-electron chi connectivity index (χ4n) is 4.72. The van der Waals surface area contributed by atoms with E-state index in [-0.39, 0.29) is 22.9 Å². The van der Waals surface area contributed by atoms with Gasteiger partial charge in [0.15, 0.2) is 0 Å². The molecule has 2 aromatic heterocycles. The molecule has 1 N–H and O–H groups in total. The quantitative estimate of drug-likeness (QED) is 0.569. The van der Waals surface area contributed by atoms with Crippen LogP contribution in [0.25, 0.3) is 11.0 Å². The number of carbonyl (C=O) groups is 1. The number of fused-ring (bicyclic) bond motifs is 1. The molecule has 3 heterocycles. The topological polar surface area (TPSA) is 80.1 Å². The molecule has 1 aliphatic rings. The van der Waals surface area contributed by atoms with Crippen molar-refractivity contribution in [2.24, 2.45) is 7.05 Å². The Kier molecular flexibility index (Phi) is 6.82. The maximum absolute atomic E-state index is 14.8. The molecule has 1 amide bonds. The molecule has 1 aliphatic heterocycles. The maximum Gasteiger partial charge on any atom is 0.266 e. The molecule has 1 fully saturated rings. The number of alkyl halides is 2. The standard InChI is InChI=1S/C25H28F3N5O2/c1-13(17-6-5-7-18(21(17)26)22(27)28)29-23-20-12-19(16-8-10-33(11-9-16)15(3)34)25(35)32(4)24(20)31-14(2)30-23/h5-7,12-13,16,22H,8-11H2,1-4H3,(H,29,30,31)/t13-/m1/s1. The molecule has 0 bridgehead atoms. The van der Waals surface area contributed by atoms with Gasteiger partial charge in [-0.2, -0.15) is 0 Å². The van der Waals surface area contributed by atoms with Crippen molar-refractivity contribution in [3.63, 3.8) is 0 Å². The van der Waals surface area contributed by atoms with Crippen LogP contribution in [0, 0.1) is 12.7 Å². The number of likely N-dealkylation sites (tertiary alicyclic amines) is 1. The normalized spacial score (nSPS) is 15.6. The van der Waals surface area contributed by atoms with E-state index in [0.717, 1.165) is 6.07 Å². The molecular weight excluding hydrogens is 459 g/mol. The van der Waals surface area contributed by atoms with Gasteiger partial charge >= 0.3 is 0 Å². The summed E-state index contributed by atoms with van der Waals surface area (Å²) in [6, 6.07) is 5.02. The van der Waals surface area contributed by atoms with E-state index in [1.807, 2.05) is 0 Å². The van der Waals surface area contributed by atoms with E-state index < -0.39 is 23.8 Å². The second-order valence-corrected chi connectivity index (χ2v) is 9.02. The second-order valence-electron chi connectivity index (χ2n) is 9.02. The Bertz CT molecular complexity index is 1330. The van der Waals surface area contributed by atoms with Crippen molar-refractivity contribution in [1.29, 1.82) is 0 Å². The molecule has 0 unspecified atom stereocenters. The largest absolute Gasteiger partial charge is 0.363 e. The Labute approximate surface area is 201 Å². The molecular formula is C25H28F3N5O2. The summed E-state index contributed by atoms with van der Waals surface area (Å²) in [7, 11) is 1.64. The van der Waals surface area contributed by atoms with Crippen molar-refractivity contribution in [3.8, 4) is 0 Å². The SMILES string of the molecule is CC(=O)N1CCC(c2cc3c(N[C@H](C)c4cccc(C(F)F)c4F)nc(C)nc3n(C)c2=O)CC1. The molecule has 1 aromatic carbocycles. The number of pyridine rings is 1. The van der Waals surface area contributed by atoms with Crippen LogP contribution < -0.4 is 10.9 Å². The van der Waals surface area contributed by atoms with Gasteiger partial charge in [0, 0.05) is 38.2 Å². The van der Waals surface area contributed by atoms with Crippen LogP contribution in [-0.4, -0.2) is 38.4 Å². The van der Waals surface area contributed by atoms with Gasteiger partial charge in [0.05, 0.1) is 17.0 Å². The maximum atomic E-state index is 14.8. The van der Waals surface area contributed by atoms with E-state index in [0.29, 0.717) is 54.2 Å². The number of anilines is 1. The van der Waals surface area contributed by atoms with Crippen molar-refractivity contribution >= 4 is 22.8 Å². The number of aromatic nitrogens is 3. The lowest BCUT2D eigenvalue weighted by Gasteiger charge is -2.31. The van der Waals surface area contributed by atoms with Crippen LogP contribution in [-0.2, 0) is 11.8 Å². The third-order valence-electron chi connectivity index (χ3n) is 6.70. The minimum atomic E-state index is -2.92. The summed E-state index contributed by atoms with van der Waals surface area (Å²) in [6.45, 7) is 6.04. The number of nitrogens with zero attached hydrogens (tertiary/aromatic N) is 4. The Morgan fingerprint density at radius 3 is 2.46 bits per heavy atom. The molecule has 7 nitrogen and oxygen atoms in total. The Balaban J connectivity index is 1.74. The van der Waals surface area contributed by atoms with Crippen molar-refractivity contribution in [2.75, 3.05) is 18.4 Å². The van der Waals surface area contributed by atoms with Crippen molar-refractivity contribution in [1.82, 2.24) is 19.4 Å². The van der Waals surface area contributed by atoms with E-state index in [4.69, 9.17) is 0 Å². The summed E-state index contributed by atoms with van der Waals surface area (Å²) >= 11 is 0. The first-order valence-electron chi connectivity index (χ1n) is 11.5. The number of benzene rings is 1. The number of piperidine rings is 1. The zero-order chi connectivity index (χ0) is 25.4. The number of aryl methyl sites for hydroxylation is 2. The lowest BCUT2D eigenvalue weighted by molar-refractivity contribution is -0.129. The Morgan fingerprint density at radius 1 is 1.17 bits per heavy atom. The molecule has 4 rings (SSSR count). The van der Waals surface area contributed by atoms with Gasteiger partial charge in [0.25, 0.3) is 12.0 Å². The highest BCUT2D eigenvalue weighted by molar-refractivity contribution is 5.87. The first kappa shape index (κ1) is 24.7. The molecule has 0 aliphatic carbocycles. The molecule has 0 saturated carbocycles. The van der Waals surface area contributed by atoms with Gasteiger partial charge in [-0.3, -0.25) is 14.2 Å². The average molecular weight is 488 g/mol. The Hall–Kier alpha value is -3.43. The van der Waals surface area contributed by atoms with E-state index in [2.05, 4.69) is 15.3 Å². The third kappa shape index (κ3) is 4.74. The summed E-state index contributed by atoms with van der Waals surface area (Å²) < 4.78 is 42.6. The summed E-state index contributed by atoms with van der Waals surface area (Å²) in [5, 5.41) is 3.73. The van der Waals surface area contributed by atoms with Gasteiger partial charge in [-0.1, -0.05) is 18.2 Å². The Morgan fingerprint density at radius 2 is 1.83 bits per heavy atom. The molecule has 35 heavy (non-hydrogen) atoms.